The minimum absolute atomic E-state index is 0.00525. The van der Waals surface area contributed by atoms with Crippen molar-refractivity contribution in [3.05, 3.63) is 29.8 Å². The molecule has 7 heteroatoms. The Morgan fingerprint density at radius 3 is 2.67 bits per heavy atom. The zero-order valence-electron chi connectivity index (χ0n) is 14.1. The number of nitrogens with one attached hydrogen (secondary N) is 1. The van der Waals surface area contributed by atoms with Gasteiger partial charge in [-0.3, -0.25) is 9.59 Å². The largest absolute Gasteiger partial charge is 0.385 e. The lowest BCUT2D eigenvalue weighted by Crippen LogP contribution is -2.41. The Hall–Kier alpha value is -1.89. The molecule has 6 nitrogen and oxygen atoms in total. The Balaban J connectivity index is 1.88. The van der Waals surface area contributed by atoms with Gasteiger partial charge in [0.05, 0.1) is 11.5 Å². The number of ketones is 1. The van der Waals surface area contributed by atoms with Crippen LogP contribution in [-0.4, -0.2) is 55.6 Å². The van der Waals surface area contributed by atoms with E-state index in [9.17, 15) is 18.0 Å². The van der Waals surface area contributed by atoms with E-state index in [4.69, 9.17) is 0 Å². The van der Waals surface area contributed by atoms with E-state index in [2.05, 4.69) is 5.32 Å². The Morgan fingerprint density at radius 1 is 1.33 bits per heavy atom. The molecule has 1 heterocycles. The predicted octanol–water partition coefficient (Wildman–Crippen LogP) is 1.73. The minimum atomic E-state index is -3.00. The van der Waals surface area contributed by atoms with Crippen LogP contribution in [0.3, 0.4) is 0 Å². The van der Waals surface area contributed by atoms with E-state index < -0.39 is 9.84 Å². The van der Waals surface area contributed by atoms with Crippen LogP contribution < -0.4 is 5.32 Å². The van der Waals surface area contributed by atoms with Crippen LogP contribution in [0.4, 0.5) is 5.69 Å². The number of Topliss-reactive ketones (excluding diaryl/α,β-unsaturated/α-hetero) is 1. The molecule has 24 heavy (non-hydrogen) atoms. The van der Waals surface area contributed by atoms with Crippen LogP contribution >= 0.6 is 0 Å². The maximum atomic E-state index is 12.4. The van der Waals surface area contributed by atoms with Crippen LogP contribution in [-0.2, 0) is 14.6 Å². The number of rotatable bonds is 7. The summed E-state index contributed by atoms with van der Waals surface area (Å²) in [5.74, 6) is 0.183. The van der Waals surface area contributed by atoms with Crippen LogP contribution in [0, 0.1) is 0 Å². The molecular weight excluding hydrogens is 328 g/mol. The average Bonchev–Trinajstić information content (AvgIpc) is 2.88. The second kappa shape index (κ2) is 7.79. The van der Waals surface area contributed by atoms with Gasteiger partial charge < -0.3 is 10.2 Å². The van der Waals surface area contributed by atoms with Gasteiger partial charge in [-0.15, -0.1) is 0 Å². The first-order chi connectivity index (χ1) is 11.3. The highest BCUT2D eigenvalue weighted by Gasteiger charge is 2.33. The Kier molecular flexibility index (Phi) is 5.99. The molecule has 1 fully saturated rings. The third-order valence-electron chi connectivity index (χ3n) is 4.25. The topological polar surface area (TPSA) is 83.6 Å². The number of anilines is 1. The summed E-state index contributed by atoms with van der Waals surface area (Å²) >= 11 is 0. The molecule has 1 aliphatic rings. The number of hydrogen-bond donors (Lipinski definition) is 1. The van der Waals surface area contributed by atoms with Crippen LogP contribution in [0.25, 0.3) is 0 Å². The fourth-order valence-corrected chi connectivity index (χ4v) is 4.70. The number of carbonyl (C=O) groups is 2. The molecule has 0 bridgehead atoms. The predicted molar refractivity (Wildman–Crippen MR) is 94.0 cm³/mol. The fraction of sp³-hybridized carbons (Fsp3) is 0.529. The SMILES string of the molecule is CCN(C(=O)CCNc1cccc(C(C)=O)c1)C1CCS(=O)(=O)C1. The first-order valence-electron chi connectivity index (χ1n) is 8.17. The molecule has 0 aliphatic carbocycles. The zero-order chi connectivity index (χ0) is 17.7. The first-order valence-corrected chi connectivity index (χ1v) is 9.99. The van der Waals surface area contributed by atoms with Gasteiger partial charge in [0.1, 0.15) is 0 Å². The summed E-state index contributed by atoms with van der Waals surface area (Å²) < 4.78 is 23.2. The van der Waals surface area contributed by atoms with Crippen molar-refractivity contribution in [3.8, 4) is 0 Å². The summed E-state index contributed by atoms with van der Waals surface area (Å²) in [4.78, 5) is 25.4. The summed E-state index contributed by atoms with van der Waals surface area (Å²) in [5, 5.41) is 3.14. The highest BCUT2D eigenvalue weighted by Crippen LogP contribution is 2.18. The molecule has 1 amide bonds. The van der Waals surface area contributed by atoms with Crippen molar-refractivity contribution < 1.29 is 18.0 Å². The third kappa shape index (κ3) is 4.80. The Labute approximate surface area is 143 Å². The lowest BCUT2D eigenvalue weighted by atomic mass is 10.1. The Bertz CT molecular complexity index is 715. The number of sulfone groups is 1. The van der Waals surface area contributed by atoms with Crippen molar-refractivity contribution in [1.82, 2.24) is 4.90 Å². The van der Waals surface area contributed by atoms with Gasteiger partial charge >= 0.3 is 0 Å². The standard InChI is InChI=1S/C17H24N2O4S/c1-3-19(16-8-10-24(22,23)12-16)17(21)7-9-18-15-6-4-5-14(11-15)13(2)20/h4-6,11,16,18H,3,7-10,12H2,1-2H3. The lowest BCUT2D eigenvalue weighted by Gasteiger charge is -2.27. The van der Waals surface area contributed by atoms with Crippen LogP contribution in [0.15, 0.2) is 24.3 Å². The maximum Gasteiger partial charge on any atom is 0.224 e. The molecule has 0 spiro atoms. The lowest BCUT2D eigenvalue weighted by molar-refractivity contribution is -0.132. The van der Waals surface area contributed by atoms with Gasteiger partial charge in [0.2, 0.25) is 5.91 Å². The monoisotopic (exact) mass is 352 g/mol. The summed E-state index contributed by atoms with van der Waals surface area (Å²) in [6.07, 6.45) is 0.810. The highest BCUT2D eigenvalue weighted by molar-refractivity contribution is 7.91. The molecule has 1 saturated heterocycles. The van der Waals surface area contributed by atoms with Gasteiger partial charge in [-0.2, -0.15) is 0 Å². The van der Waals surface area contributed by atoms with Crippen molar-refractivity contribution in [1.29, 1.82) is 0 Å². The summed E-state index contributed by atoms with van der Waals surface area (Å²) in [5.41, 5.74) is 1.42. The van der Waals surface area contributed by atoms with Gasteiger partial charge in [0.25, 0.3) is 0 Å². The van der Waals surface area contributed by atoms with Gasteiger partial charge in [-0.1, -0.05) is 12.1 Å². The van der Waals surface area contributed by atoms with Gasteiger partial charge in [-0.05, 0) is 32.4 Å². The van der Waals surface area contributed by atoms with Crippen molar-refractivity contribution in [3.63, 3.8) is 0 Å². The number of benzene rings is 1. The molecule has 2 rings (SSSR count). The highest BCUT2D eigenvalue weighted by atomic mass is 32.2. The smallest absolute Gasteiger partial charge is 0.224 e. The van der Waals surface area contributed by atoms with Crippen LogP contribution in [0.5, 0.6) is 0 Å². The maximum absolute atomic E-state index is 12.4. The number of hydrogen-bond acceptors (Lipinski definition) is 5. The van der Waals surface area contributed by atoms with E-state index >= 15 is 0 Å². The third-order valence-corrected chi connectivity index (χ3v) is 6.00. The van der Waals surface area contributed by atoms with Crippen molar-refractivity contribution >= 4 is 27.2 Å². The van der Waals surface area contributed by atoms with Crippen LogP contribution in [0.1, 0.15) is 37.0 Å². The summed E-state index contributed by atoms with van der Waals surface area (Å²) in [7, 11) is -3.00. The zero-order valence-corrected chi connectivity index (χ0v) is 14.9. The molecule has 1 aromatic rings. The van der Waals surface area contributed by atoms with Crippen molar-refractivity contribution in [2.75, 3.05) is 29.9 Å². The van der Waals surface area contributed by atoms with Gasteiger partial charge in [-0.25, -0.2) is 8.42 Å². The molecule has 1 aromatic carbocycles. The van der Waals surface area contributed by atoms with E-state index in [1.165, 1.54) is 6.92 Å². The van der Waals surface area contributed by atoms with E-state index in [0.717, 1.165) is 5.69 Å². The second-order valence-electron chi connectivity index (χ2n) is 6.05. The Morgan fingerprint density at radius 2 is 2.08 bits per heavy atom. The second-order valence-corrected chi connectivity index (χ2v) is 8.28. The minimum Gasteiger partial charge on any atom is -0.385 e. The van der Waals surface area contributed by atoms with Crippen molar-refractivity contribution in [2.24, 2.45) is 0 Å². The molecule has 0 radical (unpaired) electrons. The number of nitrogens with zero attached hydrogens (tertiary/aromatic N) is 1. The quantitative estimate of drug-likeness (QED) is 0.756. The fourth-order valence-electron chi connectivity index (χ4n) is 2.96. The molecule has 1 atom stereocenters. The van der Waals surface area contributed by atoms with E-state index in [-0.39, 0.29) is 35.7 Å². The van der Waals surface area contributed by atoms with Crippen molar-refractivity contribution in [2.45, 2.75) is 32.7 Å². The van der Waals surface area contributed by atoms with Gasteiger partial charge in [0.15, 0.2) is 15.6 Å². The summed E-state index contributed by atoms with van der Waals surface area (Å²) in [6.45, 7) is 4.33. The normalized spacial score (nSPS) is 19.0. The molecule has 1 N–H and O–H groups in total. The average molecular weight is 352 g/mol. The molecule has 0 saturated carbocycles. The number of carbonyl (C=O) groups excluding carboxylic acids is 2. The molecular formula is C17H24N2O4S. The van der Waals surface area contributed by atoms with E-state index in [1.54, 1.807) is 23.1 Å². The number of amides is 1. The first kappa shape index (κ1) is 18.4. The van der Waals surface area contributed by atoms with Gasteiger partial charge in [0, 0.05) is 36.8 Å². The molecule has 0 aromatic heterocycles. The molecule has 1 aliphatic heterocycles. The molecule has 132 valence electrons. The summed E-state index contributed by atoms with van der Waals surface area (Å²) in [6, 6.07) is 6.95. The molecule has 1 unspecified atom stereocenters. The van der Waals surface area contributed by atoms with Crippen LogP contribution in [0.2, 0.25) is 0 Å². The van der Waals surface area contributed by atoms with E-state index in [0.29, 0.717) is 25.1 Å². The van der Waals surface area contributed by atoms with E-state index in [1.807, 2.05) is 13.0 Å².